The van der Waals surface area contributed by atoms with Crippen molar-refractivity contribution in [1.29, 1.82) is 0 Å². The van der Waals surface area contributed by atoms with Crippen molar-refractivity contribution in [2.24, 2.45) is 0 Å². The SMILES string of the molecule is Cc1cc(=O)c(C(=O)Nc2ccc(N3CCCC3)c(F)c2)nn1-c1cccc(C(F)(F)F)c1. The van der Waals surface area contributed by atoms with Crippen LogP contribution in [0.4, 0.5) is 28.9 Å². The molecule has 0 aliphatic carbocycles. The van der Waals surface area contributed by atoms with E-state index in [1.54, 1.807) is 6.07 Å². The molecule has 1 amide bonds. The fraction of sp³-hybridized carbons (Fsp3) is 0.261. The van der Waals surface area contributed by atoms with Crippen molar-refractivity contribution in [1.82, 2.24) is 9.78 Å². The highest BCUT2D eigenvalue weighted by Crippen LogP contribution is 2.30. The molecule has 1 N–H and O–H groups in total. The third-order valence-corrected chi connectivity index (χ3v) is 5.39. The quantitative estimate of drug-likeness (QED) is 0.580. The lowest BCUT2D eigenvalue weighted by molar-refractivity contribution is -0.137. The topological polar surface area (TPSA) is 67.2 Å². The van der Waals surface area contributed by atoms with Gasteiger partial charge < -0.3 is 10.2 Å². The minimum atomic E-state index is -4.56. The van der Waals surface area contributed by atoms with Crippen LogP contribution >= 0.6 is 0 Å². The van der Waals surface area contributed by atoms with E-state index in [2.05, 4.69) is 10.4 Å². The van der Waals surface area contributed by atoms with Gasteiger partial charge in [-0.2, -0.15) is 18.3 Å². The fourth-order valence-electron chi connectivity index (χ4n) is 3.77. The highest BCUT2D eigenvalue weighted by Gasteiger charge is 2.30. The second-order valence-corrected chi connectivity index (χ2v) is 7.77. The number of hydrogen-bond acceptors (Lipinski definition) is 4. The zero-order chi connectivity index (χ0) is 23.8. The molecule has 1 saturated heterocycles. The number of hydrogen-bond donors (Lipinski definition) is 1. The second-order valence-electron chi connectivity index (χ2n) is 7.77. The Morgan fingerprint density at radius 2 is 1.79 bits per heavy atom. The summed E-state index contributed by atoms with van der Waals surface area (Å²) in [6, 6.07) is 9.72. The first-order valence-corrected chi connectivity index (χ1v) is 10.3. The van der Waals surface area contributed by atoms with Gasteiger partial charge in [-0.3, -0.25) is 9.59 Å². The molecule has 2 heterocycles. The van der Waals surface area contributed by atoms with Crippen LogP contribution in [-0.2, 0) is 6.18 Å². The van der Waals surface area contributed by atoms with Crippen LogP contribution in [0.1, 0.15) is 34.6 Å². The minimum absolute atomic E-state index is 0.0392. The van der Waals surface area contributed by atoms with E-state index in [4.69, 9.17) is 0 Å². The van der Waals surface area contributed by atoms with Crippen molar-refractivity contribution < 1.29 is 22.4 Å². The van der Waals surface area contributed by atoms with Gasteiger partial charge in [0.2, 0.25) is 5.43 Å². The standard InChI is InChI=1S/C23H20F4N4O2/c1-14-11-20(32)21(29-31(14)17-6-4-5-15(12-17)23(25,26)27)22(33)28-16-7-8-19(18(24)13-16)30-9-2-3-10-30/h4-8,11-13H,2-3,9-10H2,1H3,(H,28,33). The molecule has 6 nitrogen and oxygen atoms in total. The molecule has 4 rings (SSSR count). The summed E-state index contributed by atoms with van der Waals surface area (Å²) in [6.07, 6.45) is -2.60. The smallest absolute Gasteiger partial charge is 0.369 e. The second kappa shape index (κ2) is 8.68. The largest absolute Gasteiger partial charge is 0.416 e. The number of rotatable bonds is 4. The Morgan fingerprint density at radius 1 is 1.06 bits per heavy atom. The summed E-state index contributed by atoms with van der Waals surface area (Å²) in [5.74, 6) is -1.40. The highest BCUT2D eigenvalue weighted by molar-refractivity contribution is 6.02. The Bertz CT molecular complexity index is 1260. The van der Waals surface area contributed by atoms with E-state index >= 15 is 0 Å². The average Bonchev–Trinajstić information content (AvgIpc) is 3.28. The molecular formula is C23H20F4N4O2. The van der Waals surface area contributed by atoms with Crippen LogP contribution in [0.25, 0.3) is 5.69 Å². The third kappa shape index (κ3) is 4.74. The number of aryl methyl sites for hydroxylation is 1. The van der Waals surface area contributed by atoms with Gasteiger partial charge in [0, 0.05) is 30.5 Å². The predicted octanol–water partition coefficient (Wildman–Crippen LogP) is 4.55. The Balaban J connectivity index is 1.63. The lowest BCUT2D eigenvalue weighted by Crippen LogP contribution is -2.27. The Kier molecular flexibility index (Phi) is 5.92. The lowest BCUT2D eigenvalue weighted by atomic mass is 10.2. The molecule has 1 aliphatic rings. The molecule has 3 aromatic rings. The van der Waals surface area contributed by atoms with Gasteiger partial charge in [0.15, 0.2) is 5.69 Å². The number of anilines is 2. The van der Waals surface area contributed by atoms with Crippen LogP contribution in [0.5, 0.6) is 0 Å². The van der Waals surface area contributed by atoms with E-state index < -0.39 is 34.6 Å². The van der Waals surface area contributed by atoms with Gasteiger partial charge in [0.1, 0.15) is 5.82 Å². The number of alkyl halides is 3. The number of halogens is 4. The van der Waals surface area contributed by atoms with Gasteiger partial charge in [0.25, 0.3) is 5.91 Å². The van der Waals surface area contributed by atoms with Gasteiger partial charge in [0.05, 0.1) is 16.9 Å². The molecular weight excluding hydrogens is 440 g/mol. The van der Waals surface area contributed by atoms with Crippen LogP contribution in [0.2, 0.25) is 0 Å². The number of benzene rings is 2. The van der Waals surface area contributed by atoms with Crippen molar-refractivity contribution in [2.45, 2.75) is 25.9 Å². The number of amides is 1. The van der Waals surface area contributed by atoms with Gasteiger partial charge >= 0.3 is 6.18 Å². The number of carbonyl (C=O) groups excluding carboxylic acids is 1. The Hall–Kier alpha value is -3.69. The van der Waals surface area contributed by atoms with E-state index in [1.165, 1.54) is 25.1 Å². The van der Waals surface area contributed by atoms with E-state index in [9.17, 15) is 27.2 Å². The van der Waals surface area contributed by atoms with E-state index in [0.717, 1.165) is 54.9 Å². The maximum absolute atomic E-state index is 14.5. The van der Waals surface area contributed by atoms with Gasteiger partial charge in [-0.15, -0.1) is 0 Å². The van der Waals surface area contributed by atoms with E-state index in [-0.39, 0.29) is 17.1 Å². The molecule has 172 valence electrons. The van der Waals surface area contributed by atoms with Crippen molar-refractivity contribution in [2.75, 3.05) is 23.3 Å². The van der Waals surface area contributed by atoms with Gasteiger partial charge in [-0.25, -0.2) is 9.07 Å². The third-order valence-electron chi connectivity index (χ3n) is 5.39. The van der Waals surface area contributed by atoms with Crippen molar-refractivity contribution in [3.63, 3.8) is 0 Å². The van der Waals surface area contributed by atoms with E-state index in [1.807, 2.05) is 4.90 Å². The predicted molar refractivity (Wildman–Crippen MR) is 115 cm³/mol. The molecule has 0 spiro atoms. The molecule has 0 unspecified atom stereocenters. The summed E-state index contributed by atoms with van der Waals surface area (Å²) in [5.41, 5.74) is -1.27. The summed E-state index contributed by atoms with van der Waals surface area (Å²) in [6.45, 7) is 3.00. The summed E-state index contributed by atoms with van der Waals surface area (Å²) in [5, 5.41) is 6.43. The first kappa shape index (κ1) is 22.5. The number of nitrogens with one attached hydrogen (secondary N) is 1. The molecule has 0 atom stereocenters. The highest BCUT2D eigenvalue weighted by atomic mass is 19.4. The minimum Gasteiger partial charge on any atom is -0.369 e. The zero-order valence-corrected chi connectivity index (χ0v) is 17.6. The Labute approximate surface area is 186 Å². The lowest BCUT2D eigenvalue weighted by Gasteiger charge is -2.19. The maximum Gasteiger partial charge on any atom is 0.416 e. The molecule has 1 aromatic heterocycles. The van der Waals surface area contributed by atoms with Crippen LogP contribution < -0.4 is 15.6 Å². The van der Waals surface area contributed by atoms with Gasteiger partial charge in [-0.05, 0) is 56.2 Å². The van der Waals surface area contributed by atoms with Crippen molar-refractivity contribution in [3.05, 3.63) is 81.5 Å². The van der Waals surface area contributed by atoms with Crippen LogP contribution in [0.15, 0.2) is 53.3 Å². The summed E-state index contributed by atoms with van der Waals surface area (Å²) < 4.78 is 54.9. The van der Waals surface area contributed by atoms with Crippen LogP contribution in [0, 0.1) is 12.7 Å². The molecule has 1 aliphatic heterocycles. The normalized spacial score (nSPS) is 13.9. The first-order valence-electron chi connectivity index (χ1n) is 10.3. The van der Waals surface area contributed by atoms with Gasteiger partial charge in [-0.1, -0.05) is 6.07 Å². The number of nitrogens with zero attached hydrogens (tertiary/aromatic N) is 3. The maximum atomic E-state index is 14.5. The van der Waals surface area contributed by atoms with Crippen LogP contribution in [-0.4, -0.2) is 28.8 Å². The molecule has 33 heavy (non-hydrogen) atoms. The average molecular weight is 460 g/mol. The molecule has 0 radical (unpaired) electrons. The summed E-state index contributed by atoms with van der Waals surface area (Å²) in [4.78, 5) is 27.0. The molecule has 1 fully saturated rings. The molecule has 10 heteroatoms. The Morgan fingerprint density at radius 3 is 2.45 bits per heavy atom. The fourth-order valence-corrected chi connectivity index (χ4v) is 3.77. The van der Waals surface area contributed by atoms with E-state index in [0.29, 0.717) is 5.69 Å². The first-order chi connectivity index (χ1) is 15.6. The number of carbonyl (C=O) groups is 1. The molecule has 0 saturated carbocycles. The number of aromatic nitrogens is 2. The molecule has 0 bridgehead atoms. The monoisotopic (exact) mass is 460 g/mol. The summed E-state index contributed by atoms with van der Waals surface area (Å²) in [7, 11) is 0. The van der Waals surface area contributed by atoms with Crippen molar-refractivity contribution >= 4 is 17.3 Å². The van der Waals surface area contributed by atoms with Crippen LogP contribution in [0.3, 0.4) is 0 Å². The van der Waals surface area contributed by atoms with Crippen molar-refractivity contribution in [3.8, 4) is 5.69 Å². The summed E-state index contributed by atoms with van der Waals surface area (Å²) >= 11 is 0. The molecule has 2 aromatic carbocycles. The zero-order valence-electron chi connectivity index (χ0n) is 17.6.